The van der Waals surface area contributed by atoms with Crippen LogP contribution in [-0.2, 0) is 16.4 Å². The minimum Gasteiger partial charge on any atom is -0.298 e. The Bertz CT molecular complexity index is 1130. The summed E-state index contributed by atoms with van der Waals surface area (Å²) in [6, 6.07) is 14.0. The molecule has 0 fully saturated rings. The molecule has 0 radical (unpaired) electrons. The van der Waals surface area contributed by atoms with E-state index in [1.54, 1.807) is 0 Å². The van der Waals surface area contributed by atoms with Crippen molar-refractivity contribution in [3.05, 3.63) is 64.5 Å². The van der Waals surface area contributed by atoms with Gasteiger partial charge in [0.15, 0.2) is 5.13 Å². The van der Waals surface area contributed by atoms with Gasteiger partial charge in [-0.25, -0.2) is 17.7 Å². The highest BCUT2D eigenvalue weighted by Gasteiger charge is 2.24. The molecule has 27 heavy (non-hydrogen) atoms. The van der Waals surface area contributed by atoms with Crippen molar-refractivity contribution < 1.29 is 13.2 Å². The number of thiazole rings is 1. The Labute approximate surface area is 161 Å². The molecular formula is C19H17N3O3S2. The molecule has 0 unspecified atom stereocenters. The zero-order chi connectivity index (χ0) is 19.2. The van der Waals surface area contributed by atoms with E-state index >= 15 is 0 Å². The predicted octanol–water partition coefficient (Wildman–Crippen LogP) is 3.22. The lowest BCUT2D eigenvalue weighted by atomic mass is 10.1. The summed E-state index contributed by atoms with van der Waals surface area (Å²) >= 11 is 1.47. The maximum Gasteiger partial charge on any atom is 0.257 e. The number of carbonyl (C=O) groups excluding carboxylic acids is 1. The summed E-state index contributed by atoms with van der Waals surface area (Å²) in [5, 5.41) is 3.35. The van der Waals surface area contributed by atoms with Gasteiger partial charge in [0.25, 0.3) is 5.91 Å². The molecule has 1 N–H and O–H groups in total. The highest BCUT2D eigenvalue weighted by atomic mass is 32.2. The van der Waals surface area contributed by atoms with Crippen LogP contribution in [0.3, 0.4) is 0 Å². The average Bonchev–Trinajstić information content (AvgIpc) is 3.18. The molecule has 0 saturated carbocycles. The van der Waals surface area contributed by atoms with E-state index in [-0.39, 0.29) is 10.8 Å². The molecule has 0 spiro atoms. The van der Waals surface area contributed by atoms with Crippen molar-refractivity contribution in [1.82, 2.24) is 9.29 Å². The van der Waals surface area contributed by atoms with Crippen molar-refractivity contribution >= 4 is 32.4 Å². The topological polar surface area (TPSA) is 79.4 Å². The summed E-state index contributed by atoms with van der Waals surface area (Å²) < 4.78 is 25.3. The Kier molecular flexibility index (Phi) is 4.33. The van der Waals surface area contributed by atoms with Crippen molar-refractivity contribution in [2.75, 3.05) is 19.4 Å². The second-order valence-electron chi connectivity index (χ2n) is 6.39. The minimum absolute atomic E-state index is 0.147. The molecule has 138 valence electrons. The van der Waals surface area contributed by atoms with Gasteiger partial charge in [-0.2, -0.15) is 0 Å². The molecule has 1 aliphatic carbocycles. The molecule has 0 atom stereocenters. The van der Waals surface area contributed by atoms with E-state index in [0.29, 0.717) is 10.7 Å². The van der Waals surface area contributed by atoms with Crippen LogP contribution in [0.2, 0.25) is 0 Å². The van der Waals surface area contributed by atoms with Crippen LogP contribution in [0.15, 0.2) is 53.4 Å². The number of aromatic nitrogens is 1. The number of sulfonamides is 1. The minimum atomic E-state index is -3.51. The zero-order valence-electron chi connectivity index (χ0n) is 14.8. The summed E-state index contributed by atoms with van der Waals surface area (Å²) in [5.41, 5.74) is 3.67. The smallest absolute Gasteiger partial charge is 0.257 e. The van der Waals surface area contributed by atoms with Crippen molar-refractivity contribution in [3.8, 4) is 11.3 Å². The molecule has 0 aliphatic heterocycles. The Balaban J connectivity index is 1.53. The predicted molar refractivity (Wildman–Crippen MR) is 106 cm³/mol. The molecule has 6 nitrogen and oxygen atoms in total. The molecular weight excluding hydrogens is 382 g/mol. The molecule has 2 aromatic carbocycles. The van der Waals surface area contributed by atoms with Crippen LogP contribution >= 0.6 is 11.3 Å². The van der Waals surface area contributed by atoms with E-state index in [9.17, 15) is 13.2 Å². The standard InChI is InChI=1S/C19H17N3O3S2/c1-22(2)27(24,25)14-9-7-12(8-10-14)18(23)21-19-20-17-15-6-4-3-5-13(15)11-16(17)26-19/h3-10H,11H2,1-2H3,(H,20,21,23). The van der Waals surface area contributed by atoms with E-state index < -0.39 is 10.0 Å². The lowest BCUT2D eigenvalue weighted by Crippen LogP contribution is -2.22. The molecule has 8 heteroatoms. The summed E-state index contributed by atoms with van der Waals surface area (Å²) in [5.74, 6) is -0.315. The first-order valence-corrected chi connectivity index (χ1v) is 10.5. The Hall–Kier alpha value is -2.55. The summed E-state index contributed by atoms with van der Waals surface area (Å²) in [6.07, 6.45) is 0.829. The van der Waals surface area contributed by atoms with Gasteiger partial charge < -0.3 is 0 Å². The SMILES string of the molecule is CN(C)S(=O)(=O)c1ccc(C(=O)Nc2nc3c(s2)Cc2ccccc2-3)cc1. The van der Waals surface area contributed by atoms with E-state index in [2.05, 4.69) is 16.4 Å². The molecule has 1 heterocycles. The van der Waals surface area contributed by atoms with Crippen LogP contribution in [0.1, 0.15) is 20.8 Å². The van der Waals surface area contributed by atoms with Crippen molar-refractivity contribution in [3.63, 3.8) is 0 Å². The first kappa shape index (κ1) is 17.8. The van der Waals surface area contributed by atoms with Gasteiger partial charge in [0.1, 0.15) is 0 Å². The fourth-order valence-corrected chi connectivity index (χ4v) is 4.87. The number of benzene rings is 2. The van der Waals surface area contributed by atoms with Gasteiger partial charge >= 0.3 is 0 Å². The van der Waals surface area contributed by atoms with E-state index in [4.69, 9.17) is 0 Å². The van der Waals surface area contributed by atoms with Gasteiger partial charge in [0.2, 0.25) is 10.0 Å². The third-order valence-corrected chi connectivity index (χ3v) is 7.24. The van der Waals surface area contributed by atoms with Gasteiger partial charge in [-0.1, -0.05) is 24.3 Å². The third-order valence-electron chi connectivity index (χ3n) is 4.44. The summed E-state index contributed by atoms with van der Waals surface area (Å²) in [4.78, 5) is 18.3. The van der Waals surface area contributed by atoms with E-state index in [1.807, 2.05) is 18.2 Å². The Morgan fingerprint density at radius 3 is 2.52 bits per heavy atom. The Morgan fingerprint density at radius 1 is 1.11 bits per heavy atom. The number of nitrogens with zero attached hydrogens (tertiary/aromatic N) is 2. The van der Waals surface area contributed by atoms with Crippen molar-refractivity contribution in [2.24, 2.45) is 0 Å². The first-order chi connectivity index (χ1) is 12.9. The molecule has 1 amide bonds. The first-order valence-electron chi connectivity index (χ1n) is 8.28. The molecule has 1 aromatic heterocycles. The van der Waals surface area contributed by atoms with Crippen LogP contribution in [0.5, 0.6) is 0 Å². The lowest BCUT2D eigenvalue weighted by molar-refractivity contribution is 0.102. The molecule has 3 aromatic rings. The number of rotatable bonds is 4. The second-order valence-corrected chi connectivity index (χ2v) is 9.63. The van der Waals surface area contributed by atoms with Gasteiger partial charge in [-0.3, -0.25) is 10.1 Å². The fraction of sp³-hybridized carbons (Fsp3) is 0.158. The lowest BCUT2D eigenvalue weighted by Gasteiger charge is -2.11. The highest BCUT2D eigenvalue weighted by Crippen LogP contribution is 2.40. The van der Waals surface area contributed by atoms with Gasteiger partial charge in [-0.15, -0.1) is 11.3 Å². The quantitative estimate of drug-likeness (QED) is 0.571. The van der Waals surface area contributed by atoms with Crippen LogP contribution in [-0.4, -0.2) is 37.7 Å². The molecule has 4 rings (SSSR count). The monoisotopic (exact) mass is 399 g/mol. The van der Waals surface area contributed by atoms with Crippen LogP contribution in [0, 0.1) is 0 Å². The third kappa shape index (κ3) is 3.16. The molecule has 1 aliphatic rings. The largest absolute Gasteiger partial charge is 0.298 e. The van der Waals surface area contributed by atoms with Crippen LogP contribution < -0.4 is 5.32 Å². The fourth-order valence-electron chi connectivity index (χ4n) is 2.97. The molecule has 0 bridgehead atoms. The van der Waals surface area contributed by atoms with E-state index in [1.165, 1.54) is 55.3 Å². The number of fused-ring (bicyclic) bond motifs is 3. The highest BCUT2D eigenvalue weighted by molar-refractivity contribution is 7.89. The van der Waals surface area contributed by atoms with Crippen LogP contribution in [0.4, 0.5) is 5.13 Å². The zero-order valence-corrected chi connectivity index (χ0v) is 16.4. The normalized spacial score (nSPS) is 12.7. The Morgan fingerprint density at radius 2 is 1.81 bits per heavy atom. The maximum absolute atomic E-state index is 12.5. The number of carbonyl (C=O) groups is 1. The van der Waals surface area contributed by atoms with Gasteiger partial charge in [-0.05, 0) is 29.8 Å². The number of hydrogen-bond acceptors (Lipinski definition) is 5. The number of nitrogens with one attached hydrogen (secondary N) is 1. The van der Waals surface area contributed by atoms with E-state index in [0.717, 1.165) is 26.9 Å². The average molecular weight is 399 g/mol. The summed E-state index contributed by atoms with van der Waals surface area (Å²) in [7, 11) is -0.577. The number of hydrogen-bond donors (Lipinski definition) is 1. The number of anilines is 1. The van der Waals surface area contributed by atoms with Crippen molar-refractivity contribution in [2.45, 2.75) is 11.3 Å². The number of amides is 1. The molecule has 0 saturated heterocycles. The second kappa shape index (κ2) is 6.56. The van der Waals surface area contributed by atoms with Crippen molar-refractivity contribution in [1.29, 1.82) is 0 Å². The summed E-state index contributed by atoms with van der Waals surface area (Å²) in [6.45, 7) is 0. The van der Waals surface area contributed by atoms with Gasteiger partial charge in [0, 0.05) is 36.5 Å². The van der Waals surface area contributed by atoms with Crippen LogP contribution in [0.25, 0.3) is 11.3 Å². The maximum atomic E-state index is 12.5. The van der Waals surface area contributed by atoms with Gasteiger partial charge in [0.05, 0.1) is 10.6 Å².